The fourth-order valence-electron chi connectivity index (χ4n) is 7.80. The van der Waals surface area contributed by atoms with Crippen LogP contribution in [-0.2, 0) is 12.8 Å². The molecule has 0 atom stereocenters. The smallest absolute Gasteiger partial charge is 0.168 e. The average Bonchev–Trinajstić information content (AvgIpc) is 3.28. The summed E-state index contributed by atoms with van der Waals surface area (Å²) in [5.41, 5.74) is 2.54. The van der Waals surface area contributed by atoms with E-state index in [1.165, 1.54) is 50.0 Å². The molecule has 0 unspecified atom stereocenters. The van der Waals surface area contributed by atoms with E-state index in [1.807, 2.05) is 30.3 Å². The summed E-state index contributed by atoms with van der Waals surface area (Å²) in [4.78, 5) is 5.07. The van der Waals surface area contributed by atoms with Crippen LogP contribution in [0.3, 0.4) is 0 Å². The third-order valence-corrected chi connectivity index (χ3v) is 11.9. The molecular weight excluding hydrogens is 787 g/mol. The van der Waals surface area contributed by atoms with Gasteiger partial charge < -0.3 is 47.7 Å². The van der Waals surface area contributed by atoms with Crippen LogP contribution in [0.4, 0.5) is 4.39 Å². The lowest BCUT2D eigenvalue weighted by molar-refractivity contribution is 0.164. The van der Waals surface area contributed by atoms with Crippen LogP contribution in [0.25, 0.3) is 0 Å². The van der Waals surface area contributed by atoms with Gasteiger partial charge in [0, 0.05) is 25.2 Å². The number of halogens is 2. The Hall–Kier alpha value is -4.58. The van der Waals surface area contributed by atoms with E-state index in [9.17, 15) is 4.39 Å². The molecule has 10 nitrogen and oxygen atoms in total. The molecule has 0 aliphatic carbocycles. The molecule has 0 radical (unpaired) electrons. The minimum Gasteiger partial charge on any atom is -0.495 e. The Morgan fingerprint density at radius 1 is 0.500 bits per heavy atom. The molecule has 12 heteroatoms. The summed E-state index contributed by atoms with van der Waals surface area (Å²) in [5, 5.41) is 0.581. The highest BCUT2D eigenvalue weighted by molar-refractivity contribution is 6.32. The van der Waals surface area contributed by atoms with E-state index >= 15 is 0 Å². The van der Waals surface area contributed by atoms with Gasteiger partial charge in [-0.1, -0.05) is 23.7 Å². The van der Waals surface area contributed by atoms with Crippen LogP contribution in [0, 0.1) is 17.7 Å². The van der Waals surface area contributed by atoms with Gasteiger partial charge in [-0.3, -0.25) is 0 Å². The van der Waals surface area contributed by atoms with Crippen LogP contribution in [-0.4, -0.2) is 105 Å². The summed E-state index contributed by atoms with van der Waals surface area (Å²) >= 11 is 6.16. The lowest BCUT2D eigenvalue weighted by Gasteiger charge is -2.32. The van der Waals surface area contributed by atoms with Crippen molar-refractivity contribution in [2.45, 2.75) is 51.4 Å². The maximum atomic E-state index is 13.7. The summed E-state index contributed by atoms with van der Waals surface area (Å²) in [7, 11) is 9.74. The Morgan fingerprint density at radius 2 is 0.900 bits per heavy atom. The van der Waals surface area contributed by atoms with Gasteiger partial charge >= 0.3 is 0 Å². The van der Waals surface area contributed by atoms with Crippen LogP contribution in [0.1, 0.15) is 49.7 Å². The molecule has 0 amide bonds. The Bertz CT molecular complexity index is 1750. The molecule has 60 heavy (non-hydrogen) atoms. The first-order valence-corrected chi connectivity index (χ1v) is 21.4. The topological polar surface area (TPSA) is 80.3 Å². The molecule has 2 aliphatic rings. The van der Waals surface area contributed by atoms with Gasteiger partial charge in [-0.25, -0.2) is 4.39 Å². The quantitative estimate of drug-likeness (QED) is 0.0858. The SMILES string of the molecule is COc1ccc(OCCC2CCN(CCc3ccc(OC)c(OC)c3)CC2)cc1Cl.COc1ccc(OCCC2CCN(CCc3ccc(OC)c(OC)c3)CC2)cc1F. The van der Waals surface area contributed by atoms with Crippen LogP contribution < -0.4 is 37.9 Å². The van der Waals surface area contributed by atoms with Crippen molar-refractivity contribution in [1.82, 2.24) is 9.80 Å². The molecule has 0 N–H and O–H groups in total. The van der Waals surface area contributed by atoms with Gasteiger partial charge in [0.1, 0.15) is 17.2 Å². The first-order chi connectivity index (χ1) is 29.2. The van der Waals surface area contributed by atoms with Crippen molar-refractivity contribution in [3.8, 4) is 46.0 Å². The summed E-state index contributed by atoms with van der Waals surface area (Å²) < 4.78 is 56.9. The maximum Gasteiger partial charge on any atom is 0.168 e. The van der Waals surface area contributed by atoms with Gasteiger partial charge in [0.05, 0.1) is 60.9 Å². The molecule has 2 heterocycles. The number of ether oxygens (including phenoxy) is 8. The summed E-state index contributed by atoms with van der Waals surface area (Å²) in [5.74, 6) is 6.38. The fourth-order valence-corrected chi connectivity index (χ4v) is 8.05. The third kappa shape index (κ3) is 14.3. The lowest BCUT2D eigenvalue weighted by atomic mass is 9.93. The van der Waals surface area contributed by atoms with Gasteiger partial charge in [0.25, 0.3) is 0 Å². The molecule has 0 aromatic heterocycles. The number of piperidine rings is 2. The maximum absolute atomic E-state index is 13.7. The van der Waals surface area contributed by atoms with Crippen LogP contribution in [0.15, 0.2) is 72.8 Å². The highest BCUT2D eigenvalue weighted by Crippen LogP contribution is 2.31. The molecule has 4 aromatic rings. The Kier molecular flexibility index (Phi) is 19.1. The first kappa shape index (κ1) is 46.5. The normalized spacial score (nSPS) is 15.1. The van der Waals surface area contributed by atoms with Crippen molar-refractivity contribution in [3.63, 3.8) is 0 Å². The minimum atomic E-state index is -0.391. The van der Waals surface area contributed by atoms with Crippen LogP contribution >= 0.6 is 11.6 Å². The second-order valence-corrected chi connectivity index (χ2v) is 15.7. The number of hydrogen-bond acceptors (Lipinski definition) is 10. The molecule has 2 fully saturated rings. The number of methoxy groups -OCH3 is 6. The lowest BCUT2D eigenvalue weighted by Crippen LogP contribution is -2.35. The van der Waals surface area contributed by atoms with E-state index in [-0.39, 0.29) is 5.75 Å². The zero-order valence-electron chi connectivity index (χ0n) is 36.3. The second-order valence-electron chi connectivity index (χ2n) is 15.3. The molecule has 6 rings (SSSR count). The standard InChI is InChI=1S/C24H32ClNO4.C24H32FNO4/c2*1-27-22-7-5-20(17-21(22)25)30-15-11-18-8-12-26(13-9-18)14-10-19-4-6-23(28-2)24(16-19)29-3/h2*4-7,16-18H,8-15H2,1-3H3. The van der Waals surface area contributed by atoms with E-state index < -0.39 is 5.82 Å². The number of benzene rings is 4. The molecule has 0 bridgehead atoms. The predicted octanol–water partition coefficient (Wildman–Crippen LogP) is 9.66. The van der Waals surface area contributed by atoms with Gasteiger partial charge in [0.2, 0.25) is 0 Å². The van der Waals surface area contributed by atoms with Crippen molar-refractivity contribution in [2.75, 3.05) is 95.1 Å². The summed E-state index contributed by atoms with van der Waals surface area (Å²) in [6.45, 7) is 7.96. The van der Waals surface area contributed by atoms with Gasteiger partial charge in [-0.15, -0.1) is 0 Å². The van der Waals surface area contributed by atoms with E-state index in [2.05, 4.69) is 34.1 Å². The Labute approximate surface area is 361 Å². The molecule has 4 aromatic carbocycles. The third-order valence-electron chi connectivity index (χ3n) is 11.6. The highest BCUT2D eigenvalue weighted by atomic mass is 35.5. The fraction of sp³-hybridized carbons (Fsp3) is 0.500. The second kappa shape index (κ2) is 24.6. The zero-order valence-corrected chi connectivity index (χ0v) is 37.1. The summed E-state index contributed by atoms with van der Waals surface area (Å²) in [6, 6.07) is 22.6. The molecule has 328 valence electrons. The van der Waals surface area contributed by atoms with E-state index in [1.54, 1.807) is 47.7 Å². The monoisotopic (exact) mass is 850 g/mol. The minimum absolute atomic E-state index is 0.239. The van der Waals surface area contributed by atoms with Crippen molar-refractivity contribution in [3.05, 3.63) is 94.8 Å². The Balaban J connectivity index is 0.000000228. The van der Waals surface area contributed by atoms with Crippen molar-refractivity contribution in [2.24, 2.45) is 11.8 Å². The van der Waals surface area contributed by atoms with Crippen LogP contribution in [0.2, 0.25) is 5.02 Å². The molecule has 2 saturated heterocycles. The average molecular weight is 851 g/mol. The molecule has 0 spiro atoms. The Morgan fingerprint density at radius 3 is 1.30 bits per heavy atom. The van der Waals surface area contributed by atoms with Gasteiger partial charge in [0.15, 0.2) is 34.6 Å². The van der Waals surface area contributed by atoms with Crippen molar-refractivity contribution in [1.29, 1.82) is 0 Å². The van der Waals surface area contributed by atoms with Crippen LogP contribution in [0.5, 0.6) is 46.0 Å². The highest BCUT2D eigenvalue weighted by Gasteiger charge is 2.21. The van der Waals surface area contributed by atoms with E-state index in [4.69, 9.17) is 49.5 Å². The van der Waals surface area contributed by atoms with Gasteiger partial charge in [-0.2, -0.15) is 0 Å². The van der Waals surface area contributed by atoms with Gasteiger partial charge in [-0.05, 0) is 149 Å². The van der Waals surface area contributed by atoms with Crippen molar-refractivity contribution >= 4 is 11.6 Å². The number of nitrogens with zero attached hydrogens (tertiary/aromatic N) is 2. The number of likely N-dealkylation sites (tertiary alicyclic amines) is 2. The van der Waals surface area contributed by atoms with E-state index in [0.29, 0.717) is 29.0 Å². The van der Waals surface area contributed by atoms with Crippen molar-refractivity contribution < 1.29 is 42.3 Å². The first-order valence-electron chi connectivity index (χ1n) is 21.0. The number of hydrogen-bond donors (Lipinski definition) is 0. The molecular formula is C48H64ClFN2O8. The predicted molar refractivity (Wildman–Crippen MR) is 236 cm³/mol. The molecule has 2 aliphatic heterocycles. The largest absolute Gasteiger partial charge is 0.495 e. The van der Waals surface area contributed by atoms with E-state index in [0.717, 1.165) is 106 Å². The molecule has 0 saturated carbocycles. The summed E-state index contributed by atoms with van der Waals surface area (Å²) in [6.07, 6.45) is 8.88. The number of rotatable bonds is 20. The zero-order chi connectivity index (χ0) is 42.7.